The van der Waals surface area contributed by atoms with Crippen LogP contribution in [0.5, 0.6) is 0 Å². The number of ether oxygens (including phenoxy) is 1. The summed E-state index contributed by atoms with van der Waals surface area (Å²) in [6.45, 7) is 4.84. The van der Waals surface area contributed by atoms with Crippen molar-refractivity contribution in [2.24, 2.45) is 5.92 Å². The van der Waals surface area contributed by atoms with Crippen molar-refractivity contribution < 1.29 is 22.7 Å². The van der Waals surface area contributed by atoms with Crippen LogP contribution in [0.2, 0.25) is 0 Å². The molecule has 15 heavy (non-hydrogen) atoms. The van der Waals surface area contributed by atoms with Gasteiger partial charge in [0.05, 0.1) is 5.92 Å². The molecular weight excluding hydrogens is 209 g/mol. The van der Waals surface area contributed by atoms with Crippen molar-refractivity contribution in [3.63, 3.8) is 0 Å². The molecule has 0 saturated heterocycles. The smallest absolute Gasteiger partial charge is 0.391 e. The lowest BCUT2D eigenvalue weighted by Gasteiger charge is -2.15. The monoisotopic (exact) mass is 222 g/mol. The molecule has 2 nitrogen and oxygen atoms in total. The molecule has 5 heteroatoms. The summed E-state index contributed by atoms with van der Waals surface area (Å²) in [7, 11) is 0. The van der Waals surface area contributed by atoms with E-state index in [4.69, 9.17) is 4.74 Å². The van der Waals surface area contributed by atoms with Gasteiger partial charge in [-0.15, -0.1) is 0 Å². The van der Waals surface area contributed by atoms with Crippen molar-refractivity contribution in [2.75, 3.05) is 0 Å². The Balaban J connectivity index is 2.44. The predicted molar refractivity (Wildman–Crippen MR) is 48.1 cm³/mol. The molecule has 0 aromatic carbocycles. The summed E-state index contributed by atoms with van der Waals surface area (Å²) >= 11 is 0. The Morgan fingerprint density at radius 2 is 2.00 bits per heavy atom. The van der Waals surface area contributed by atoms with E-state index in [1.54, 1.807) is 0 Å². The van der Waals surface area contributed by atoms with Crippen molar-refractivity contribution in [2.45, 2.75) is 38.5 Å². The number of hydrogen-bond acceptors (Lipinski definition) is 2. The molecule has 1 rings (SSSR count). The van der Waals surface area contributed by atoms with Crippen molar-refractivity contribution in [3.05, 3.63) is 12.2 Å². The number of hydrogen-bond donors (Lipinski definition) is 0. The first-order chi connectivity index (χ1) is 6.80. The Labute approximate surface area is 86.1 Å². The Morgan fingerprint density at radius 3 is 2.40 bits per heavy atom. The molecule has 86 valence electrons. The van der Waals surface area contributed by atoms with Gasteiger partial charge in [0.1, 0.15) is 6.10 Å². The summed E-state index contributed by atoms with van der Waals surface area (Å²) in [5.41, 5.74) is 0.213. The van der Waals surface area contributed by atoms with Crippen molar-refractivity contribution >= 4 is 5.97 Å². The molecule has 0 spiro atoms. The largest absolute Gasteiger partial charge is 0.459 e. The summed E-state index contributed by atoms with van der Waals surface area (Å²) in [5.74, 6) is -1.94. The minimum atomic E-state index is -4.18. The van der Waals surface area contributed by atoms with Crippen molar-refractivity contribution in [1.29, 1.82) is 0 Å². The molecular formula is C10H13F3O2. The molecule has 0 radical (unpaired) electrons. The molecule has 0 bridgehead atoms. The van der Waals surface area contributed by atoms with Gasteiger partial charge in [-0.05, 0) is 26.2 Å². The Hall–Kier alpha value is -1.00. The van der Waals surface area contributed by atoms with E-state index in [0.29, 0.717) is 0 Å². The molecule has 2 atom stereocenters. The van der Waals surface area contributed by atoms with Gasteiger partial charge in [-0.3, -0.25) is 0 Å². The van der Waals surface area contributed by atoms with Crippen LogP contribution in [0.15, 0.2) is 12.2 Å². The van der Waals surface area contributed by atoms with Gasteiger partial charge < -0.3 is 4.74 Å². The van der Waals surface area contributed by atoms with Gasteiger partial charge in [0, 0.05) is 5.57 Å². The molecule has 2 unspecified atom stereocenters. The van der Waals surface area contributed by atoms with E-state index in [0.717, 1.165) is 0 Å². The van der Waals surface area contributed by atoms with Crippen LogP contribution in [0.4, 0.5) is 13.2 Å². The third-order valence-corrected chi connectivity index (χ3v) is 2.47. The van der Waals surface area contributed by atoms with Crippen LogP contribution in [0, 0.1) is 5.92 Å². The molecule has 1 fully saturated rings. The van der Waals surface area contributed by atoms with Crippen LogP contribution < -0.4 is 0 Å². The second-order valence-corrected chi connectivity index (χ2v) is 3.86. The molecule has 0 aliphatic heterocycles. The minimum Gasteiger partial charge on any atom is -0.459 e. The average molecular weight is 222 g/mol. The van der Waals surface area contributed by atoms with E-state index in [2.05, 4.69) is 6.58 Å². The van der Waals surface area contributed by atoms with E-state index in [-0.39, 0.29) is 24.8 Å². The van der Waals surface area contributed by atoms with Gasteiger partial charge in [-0.1, -0.05) is 6.58 Å². The first-order valence-electron chi connectivity index (χ1n) is 4.74. The first-order valence-corrected chi connectivity index (χ1v) is 4.74. The average Bonchev–Trinajstić information content (AvgIpc) is 2.51. The summed E-state index contributed by atoms with van der Waals surface area (Å²) in [5, 5.41) is 0. The predicted octanol–water partition coefficient (Wildman–Crippen LogP) is 2.84. The van der Waals surface area contributed by atoms with Crippen LogP contribution in [0.1, 0.15) is 26.2 Å². The summed E-state index contributed by atoms with van der Waals surface area (Å²) in [6, 6.07) is 0. The molecule has 0 heterocycles. The third kappa shape index (κ3) is 3.25. The second-order valence-electron chi connectivity index (χ2n) is 3.86. The van der Waals surface area contributed by atoms with Crippen LogP contribution in [-0.2, 0) is 9.53 Å². The molecule has 0 aromatic heterocycles. The molecule has 0 N–H and O–H groups in total. The number of alkyl halides is 3. The highest BCUT2D eigenvalue weighted by molar-refractivity contribution is 5.87. The van der Waals surface area contributed by atoms with E-state index >= 15 is 0 Å². The van der Waals surface area contributed by atoms with E-state index in [1.165, 1.54) is 6.92 Å². The lowest BCUT2D eigenvalue weighted by atomic mass is 10.1. The van der Waals surface area contributed by atoms with Gasteiger partial charge >= 0.3 is 12.1 Å². The summed E-state index contributed by atoms with van der Waals surface area (Å²) in [6.07, 6.45) is -4.59. The van der Waals surface area contributed by atoms with E-state index < -0.39 is 24.2 Å². The topological polar surface area (TPSA) is 26.3 Å². The maximum absolute atomic E-state index is 12.3. The fourth-order valence-corrected chi connectivity index (χ4v) is 1.60. The number of rotatable bonds is 2. The van der Waals surface area contributed by atoms with Gasteiger partial charge in [-0.2, -0.15) is 13.2 Å². The van der Waals surface area contributed by atoms with Gasteiger partial charge in [0.25, 0.3) is 0 Å². The first kappa shape index (κ1) is 12.1. The second kappa shape index (κ2) is 4.24. The Bertz CT molecular complexity index is 270. The SMILES string of the molecule is C=C(C)C(=O)OC1CCC(C(F)(F)F)C1. The number of carbonyl (C=O) groups is 1. The maximum atomic E-state index is 12.3. The zero-order valence-electron chi connectivity index (χ0n) is 8.43. The molecule has 0 amide bonds. The van der Waals surface area contributed by atoms with E-state index in [1.807, 2.05) is 0 Å². The Morgan fingerprint density at radius 1 is 1.40 bits per heavy atom. The highest BCUT2D eigenvalue weighted by atomic mass is 19.4. The maximum Gasteiger partial charge on any atom is 0.391 e. The number of halogens is 3. The fourth-order valence-electron chi connectivity index (χ4n) is 1.60. The third-order valence-electron chi connectivity index (χ3n) is 2.47. The van der Waals surface area contributed by atoms with Crippen LogP contribution in [0.25, 0.3) is 0 Å². The standard InChI is InChI=1S/C10H13F3O2/c1-6(2)9(14)15-8-4-3-7(5-8)10(11,12)13/h7-8H,1,3-5H2,2H3. The zero-order valence-corrected chi connectivity index (χ0v) is 8.43. The number of esters is 1. The van der Waals surface area contributed by atoms with Gasteiger partial charge in [0.15, 0.2) is 0 Å². The quantitative estimate of drug-likeness (QED) is 0.530. The minimum absolute atomic E-state index is 0.0393. The fraction of sp³-hybridized carbons (Fsp3) is 0.700. The lowest BCUT2D eigenvalue weighted by Crippen LogP contribution is -2.22. The Kier molecular flexibility index (Phi) is 3.42. The highest BCUT2D eigenvalue weighted by Crippen LogP contribution is 2.40. The summed E-state index contributed by atoms with van der Waals surface area (Å²) in [4.78, 5) is 11.1. The van der Waals surface area contributed by atoms with Crippen molar-refractivity contribution in [1.82, 2.24) is 0 Å². The van der Waals surface area contributed by atoms with Crippen LogP contribution >= 0.6 is 0 Å². The lowest BCUT2D eigenvalue weighted by molar-refractivity contribution is -0.175. The molecule has 0 aromatic rings. The zero-order chi connectivity index (χ0) is 11.6. The number of carbonyl (C=O) groups excluding carboxylic acids is 1. The summed E-state index contributed by atoms with van der Waals surface area (Å²) < 4.78 is 41.7. The molecule has 1 saturated carbocycles. The van der Waals surface area contributed by atoms with Gasteiger partial charge in [-0.25, -0.2) is 4.79 Å². The highest BCUT2D eigenvalue weighted by Gasteiger charge is 2.45. The van der Waals surface area contributed by atoms with Gasteiger partial charge in [0.2, 0.25) is 0 Å². The van der Waals surface area contributed by atoms with Crippen molar-refractivity contribution in [3.8, 4) is 0 Å². The molecule has 1 aliphatic carbocycles. The molecule has 1 aliphatic rings. The van der Waals surface area contributed by atoms with Crippen LogP contribution in [-0.4, -0.2) is 18.2 Å². The van der Waals surface area contributed by atoms with E-state index in [9.17, 15) is 18.0 Å². The normalized spacial score (nSPS) is 26.4. The van der Waals surface area contributed by atoms with Crippen LogP contribution in [0.3, 0.4) is 0 Å².